The van der Waals surface area contributed by atoms with Crippen molar-refractivity contribution in [2.75, 3.05) is 6.54 Å². The molecule has 1 N–H and O–H groups in total. The molecule has 1 fully saturated rings. The van der Waals surface area contributed by atoms with Crippen LogP contribution in [0.1, 0.15) is 45.5 Å². The Morgan fingerprint density at radius 3 is 2.93 bits per heavy atom. The summed E-state index contributed by atoms with van der Waals surface area (Å²) in [5.74, 6) is 1.07. The zero-order chi connectivity index (χ0) is 10.2. The summed E-state index contributed by atoms with van der Waals surface area (Å²) in [4.78, 5) is 4.38. The molecule has 2 heterocycles. The van der Waals surface area contributed by atoms with E-state index in [2.05, 4.69) is 36.2 Å². The van der Waals surface area contributed by atoms with Gasteiger partial charge in [0, 0.05) is 6.04 Å². The maximum Gasteiger partial charge on any atom is 0.147 e. The van der Waals surface area contributed by atoms with Crippen LogP contribution in [0.25, 0.3) is 0 Å². The van der Waals surface area contributed by atoms with Crippen molar-refractivity contribution < 1.29 is 0 Å². The summed E-state index contributed by atoms with van der Waals surface area (Å²) in [6.07, 6.45) is 4.03. The van der Waals surface area contributed by atoms with Crippen LogP contribution in [0.15, 0.2) is 6.33 Å². The van der Waals surface area contributed by atoms with E-state index in [0.29, 0.717) is 6.04 Å². The Labute approximate surface area is 84.7 Å². The molecule has 4 heteroatoms. The van der Waals surface area contributed by atoms with Crippen LogP contribution >= 0.6 is 0 Å². The lowest BCUT2D eigenvalue weighted by molar-refractivity contribution is 0.360. The highest BCUT2D eigenvalue weighted by Gasteiger charge is 2.34. The van der Waals surface area contributed by atoms with Gasteiger partial charge in [0.25, 0.3) is 0 Å². The monoisotopic (exact) mass is 194 g/mol. The van der Waals surface area contributed by atoms with Crippen molar-refractivity contribution in [2.24, 2.45) is 0 Å². The molecule has 14 heavy (non-hydrogen) atoms. The third kappa shape index (κ3) is 1.43. The minimum absolute atomic E-state index is 0.0285. The molecular formula is C10H18N4. The molecule has 0 bridgehead atoms. The van der Waals surface area contributed by atoms with Crippen molar-refractivity contribution in [1.29, 1.82) is 0 Å². The molecule has 0 amide bonds. The maximum atomic E-state index is 4.38. The normalized spacial score (nSPS) is 27.4. The SMILES string of the molecule is CC(C)n1ncnc1C1(C)CCCN1. The van der Waals surface area contributed by atoms with Gasteiger partial charge in [0.15, 0.2) is 0 Å². The maximum absolute atomic E-state index is 4.38. The third-order valence-corrected chi connectivity index (χ3v) is 2.92. The van der Waals surface area contributed by atoms with Gasteiger partial charge in [0.2, 0.25) is 0 Å². The Hall–Kier alpha value is -0.900. The van der Waals surface area contributed by atoms with E-state index in [4.69, 9.17) is 0 Å². The zero-order valence-corrected chi connectivity index (χ0v) is 9.12. The Bertz CT molecular complexity index is 310. The van der Waals surface area contributed by atoms with Gasteiger partial charge in [0.05, 0.1) is 5.54 Å². The number of aromatic nitrogens is 3. The zero-order valence-electron chi connectivity index (χ0n) is 9.12. The van der Waals surface area contributed by atoms with E-state index in [1.165, 1.54) is 6.42 Å². The first-order valence-corrected chi connectivity index (χ1v) is 5.28. The average molecular weight is 194 g/mol. The fourth-order valence-corrected chi connectivity index (χ4v) is 2.11. The first-order chi connectivity index (χ1) is 6.63. The van der Waals surface area contributed by atoms with Gasteiger partial charge in [-0.25, -0.2) is 9.67 Å². The number of nitrogens with zero attached hydrogens (tertiary/aromatic N) is 3. The van der Waals surface area contributed by atoms with E-state index in [0.717, 1.165) is 18.8 Å². The van der Waals surface area contributed by atoms with Gasteiger partial charge in [-0.15, -0.1) is 0 Å². The molecular weight excluding hydrogens is 176 g/mol. The standard InChI is InChI=1S/C10H18N4/c1-8(2)14-9(11-7-13-14)10(3)5-4-6-12-10/h7-8,12H,4-6H2,1-3H3. The molecule has 78 valence electrons. The Morgan fingerprint density at radius 1 is 1.57 bits per heavy atom. The third-order valence-electron chi connectivity index (χ3n) is 2.92. The molecule has 1 atom stereocenters. The van der Waals surface area contributed by atoms with Crippen LogP contribution < -0.4 is 5.32 Å². The molecule has 0 aromatic carbocycles. The fourth-order valence-electron chi connectivity index (χ4n) is 2.11. The second kappa shape index (κ2) is 3.35. The minimum atomic E-state index is 0.0285. The van der Waals surface area contributed by atoms with Crippen LogP contribution in [-0.4, -0.2) is 21.3 Å². The lowest BCUT2D eigenvalue weighted by Crippen LogP contribution is -2.36. The molecule has 1 unspecified atom stereocenters. The van der Waals surface area contributed by atoms with E-state index >= 15 is 0 Å². The summed E-state index contributed by atoms with van der Waals surface area (Å²) in [6, 6.07) is 0.381. The van der Waals surface area contributed by atoms with E-state index in [1.807, 2.05) is 4.68 Å². The molecule has 1 aliphatic rings. The molecule has 4 nitrogen and oxygen atoms in total. The van der Waals surface area contributed by atoms with Gasteiger partial charge in [-0.3, -0.25) is 0 Å². The van der Waals surface area contributed by atoms with Crippen molar-refractivity contribution in [3.05, 3.63) is 12.2 Å². The lowest BCUT2D eigenvalue weighted by Gasteiger charge is -2.25. The predicted molar refractivity (Wildman–Crippen MR) is 55.0 cm³/mol. The highest BCUT2D eigenvalue weighted by molar-refractivity contribution is 5.07. The quantitative estimate of drug-likeness (QED) is 0.775. The van der Waals surface area contributed by atoms with Gasteiger partial charge in [-0.1, -0.05) is 0 Å². The molecule has 0 aliphatic carbocycles. The molecule has 1 saturated heterocycles. The van der Waals surface area contributed by atoms with Crippen molar-refractivity contribution in [3.8, 4) is 0 Å². The summed E-state index contributed by atoms with van der Waals surface area (Å²) in [5.41, 5.74) is 0.0285. The minimum Gasteiger partial charge on any atom is -0.305 e. The number of rotatable bonds is 2. The molecule has 0 radical (unpaired) electrons. The molecule has 1 aromatic heterocycles. The predicted octanol–water partition coefficient (Wildman–Crippen LogP) is 1.46. The second-order valence-electron chi connectivity index (χ2n) is 4.48. The Morgan fingerprint density at radius 2 is 2.36 bits per heavy atom. The van der Waals surface area contributed by atoms with Gasteiger partial charge < -0.3 is 5.32 Å². The van der Waals surface area contributed by atoms with Crippen LogP contribution in [0.5, 0.6) is 0 Å². The van der Waals surface area contributed by atoms with Crippen LogP contribution in [0.3, 0.4) is 0 Å². The Kier molecular flexibility index (Phi) is 2.31. The Balaban J connectivity index is 2.35. The van der Waals surface area contributed by atoms with E-state index in [-0.39, 0.29) is 5.54 Å². The van der Waals surface area contributed by atoms with Crippen molar-refractivity contribution in [2.45, 2.75) is 45.2 Å². The highest BCUT2D eigenvalue weighted by atomic mass is 15.4. The first-order valence-electron chi connectivity index (χ1n) is 5.28. The van der Waals surface area contributed by atoms with Gasteiger partial charge in [-0.05, 0) is 40.2 Å². The van der Waals surface area contributed by atoms with Gasteiger partial charge in [0.1, 0.15) is 12.2 Å². The van der Waals surface area contributed by atoms with Crippen LogP contribution in [0, 0.1) is 0 Å². The van der Waals surface area contributed by atoms with Crippen LogP contribution in [-0.2, 0) is 5.54 Å². The smallest absolute Gasteiger partial charge is 0.147 e. The summed E-state index contributed by atoms with van der Waals surface area (Å²) in [7, 11) is 0. The highest BCUT2D eigenvalue weighted by Crippen LogP contribution is 2.29. The summed E-state index contributed by atoms with van der Waals surface area (Å²) < 4.78 is 2.01. The molecule has 1 aromatic rings. The van der Waals surface area contributed by atoms with Crippen LogP contribution in [0.2, 0.25) is 0 Å². The van der Waals surface area contributed by atoms with Crippen molar-refractivity contribution in [3.63, 3.8) is 0 Å². The van der Waals surface area contributed by atoms with Gasteiger partial charge >= 0.3 is 0 Å². The first kappa shape index (κ1) is 9.65. The van der Waals surface area contributed by atoms with Crippen molar-refractivity contribution >= 4 is 0 Å². The summed E-state index contributed by atoms with van der Waals surface area (Å²) >= 11 is 0. The van der Waals surface area contributed by atoms with E-state index in [1.54, 1.807) is 6.33 Å². The number of hydrogen-bond acceptors (Lipinski definition) is 3. The average Bonchev–Trinajstić information content (AvgIpc) is 2.71. The largest absolute Gasteiger partial charge is 0.305 e. The van der Waals surface area contributed by atoms with Gasteiger partial charge in [-0.2, -0.15) is 5.10 Å². The topological polar surface area (TPSA) is 42.7 Å². The lowest BCUT2D eigenvalue weighted by atomic mass is 9.99. The van der Waals surface area contributed by atoms with Crippen molar-refractivity contribution in [1.82, 2.24) is 20.1 Å². The molecule has 2 rings (SSSR count). The van der Waals surface area contributed by atoms with Crippen LogP contribution in [0.4, 0.5) is 0 Å². The van der Waals surface area contributed by atoms with E-state index in [9.17, 15) is 0 Å². The number of hydrogen-bond donors (Lipinski definition) is 1. The summed E-state index contributed by atoms with van der Waals surface area (Å²) in [5, 5.41) is 7.78. The fraction of sp³-hybridized carbons (Fsp3) is 0.800. The molecule has 1 aliphatic heterocycles. The molecule has 0 saturated carbocycles. The van der Waals surface area contributed by atoms with E-state index < -0.39 is 0 Å². The second-order valence-corrected chi connectivity index (χ2v) is 4.48. The molecule has 0 spiro atoms. The summed E-state index contributed by atoms with van der Waals surface area (Å²) in [6.45, 7) is 7.57. The number of nitrogens with one attached hydrogen (secondary N) is 1.